The average molecular weight is 1340 g/mol. The van der Waals surface area contributed by atoms with Crippen LogP contribution in [-0.4, -0.2) is 84.4 Å². The maximum absolute atomic E-state index is 14.5. The van der Waals surface area contributed by atoms with Crippen LogP contribution in [0.15, 0.2) is 59.3 Å². The van der Waals surface area contributed by atoms with Crippen molar-refractivity contribution in [2.24, 2.45) is 0 Å². The Morgan fingerprint density at radius 1 is 0.337 bits per heavy atom. The number of halogens is 10. The zero-order chi connectivity index (χ0) is 59.3. The number of thiophene rings is 4. The number of ketones is 2. The SMILES string of the molecule is O=C(c1ccc(-c2nc3c(s2)-c2sc(-c4ccc(C(=O)c5c(F)c(F)c(F)c(F)c5F)s4)nc2C2(OCCO2)C32OCCO2)s1)c1c(F)c(F)c(F)c(F)c1F.c1csc(-c2nc3c(s2)-c2sc(-c4cccs4)nc2C2(OCCO2)C32OCCO2)c1. The van der Waals surface area contributed by atoms with Gasteiger partial charge in [-0.2, -0.15) is 0 Å². The fraction of sp³-hybridized carbons (Fsp3) is 0.222. The Morgan fingerprint density at radius 3 is 0.849 bits per heavy atom. The van der Waals surface area contributed by atoms with E-state index in [0.717, 1.165) is 75.7 Å². The number of carbonyl (C=O) groups excluding carboxylic acids is 2. The van der Waals surface area contributed by atoms with Gasteiger partial charge < -0.3 is 37.9 Å². The fourth-order valence-electron chi connectivity index (χ4n) is 10.6. The first-order chi connectivity index (χ1) is 41.5. The molecule has 0 radical (unpaired) electrons. The smallest absolute Gasteiger partial charge is 0.276 e. The van der Waals surface area contributed by atoms with Crippen molar-refractivity contribution >= 4 is 102 Å². The average Bonchev–Trinajstić information content (AvgIpc) is 1.48. The van der Waals surface area contributed by atoms with Crippen molar-refractivity contribution in [3.05, 3.63) is 161 Å². The number of hydrogen-bond donors (Lipinski definition) is 0. The lowest BCUT2D eigenvalue weighted by atomic mass is 9.90. The number of rotatable bonds is 8. The van der Waals surface area contributed by atoms with Gasteiger partial charge in [-0.05, 0) is 47.2 Å². The molecular weight excluding hydrogens is 1310 g/mol. The molecule has 2 aliphatic carbocycles. The topological polar surface area (TPSA) is 160 Å². The van der Waals surface area contributed by atoms with Gasteiger partial charge in [-0.1, -0.05) is 12.1 Å². The van der Waals surface area contributed by atoms with E-state index in [1.165, 1.54) is 12.1 Å². The largest absolute Gasteiger partial charge is 0.338 e. The second-order valence-corrected chi connectivity index (χ2v) is 26.9. The highest BCUT2D eigenvalue weighted by Crippen LogP contribution is 2.65. The second kappa shape index (κ2) is 20.8. The lowest BCUT2D eigenvalue weighted by molar-refractivity contribution is -0.368. The van der Waals surface area contributed by atoms with E-state index >= 15 is 0 Å². The molecule has 4 aliphatic heterocycles. The number of fused-ring (bicyclic) bond motifs is 12. The highest BCUT2D eigenvalue weighted by Gasteiger charge is 2.71. The Hall–Kier alpha value is -5.92. The van der Waals surface area contributed by atoms with Gasteiger partial charge in [0, 0.05) is 0 Å². The molecule has 4 spiro atoms. The van der Waals surface area contributed by atoms with Crippen molar-refractivity contribution in [2.75, 3.05) is 52.9 Å². The molecular formula is C54H26F10N4O10S8. The van der Waals surface area contributed by atoms with Crippen LogP contribution in [0, 0.1) is 58.2 Å². The highest BCUT2D eigenvalue weighted by molar-refractivity contribution is 7.29. The van der Waals surface area contributed by atoms with Gasteiger partial charge in [0.15, 0.2) is 46.5 Å². The third kappa shape index (κ3) is 8.05. The van der Waals surface area contributed by atoms with Gasteiger partial charge in [0.25, 0.3) is 23.1 Å². The van der Waals surface area contributed by atoms with E-state index in [9.17, 15) is 53.5 Å². The Bertz CT molecular complexity index is 4100. The molecule has 0 unspecified atom stereocenters. The molecule has 8 aromatic heterocycles. The monoisotopic (exact) mass is 1340 g/mol. The number of hydrogen-bond acceptors (Lipinski definition) is 22. The van der Waals surface area contributed by atoms with Crippen molar-refractivity contribution in [1.82, 2.24) is 19.9 Å². The van der Waals surface area contributed by atoms with Crippen LogP contribution >= 0.6 is 90.7 Å². The molecule has 10 aromatic rings. The summed E-state index contributed by atoms with van der Waals surface area (Å²) in [4.78, 5) is 50.5. The number of thiazole rings is 4. The van der Waals surface area contributed by atoms with Crippen molar-refractivity contribution in [3.63, 3.8) is 0 Å². The molecule has 0 N–H and O–H groups in total. The summed E-state index contributed by atoms with van der Waals surface area (Å²) in [6, 6.07) is 13.2. The van der Waals surface area contributed by atoms with E-state index in [1.54, 1.807) is 45.3 Å². The first-order valence-corrected chi connectivity index (χ1v) is 31.7. The summed E-state index contributed by atoms with van der Waals surface area (Å²) in [6.45, 7) is 1.99. The van der Waals surface area contributed by atoms with Crippen LogP contribution in [0.25, 0.3) is 59.0 Å². The Kier molecular flexibility index (Phi) is 13.7. The Labute approximate surface area is 506 Å². The summed E-state index contributed by atoms with van der Waals surface area (Å²) >= 11 is 10.00. The zero-order valence-electron chi connectivity index (χ0n) is 42.3. The number of ether oxygens (including phenoxy) is 8. The Morgan fingerprint density at radius 2 is 0.593 bits per heavy atom. The molecule has 86 heavy (non-hydrogen) atoms. The van der Waals surface area contributed by atoms with E-state index < -0.39 is 104 Å². The first kappa shape index (κ1) is 56.6. The molecule has 16 rings (SSSR count). The van der Waals surface area contributed by atoms with Crippen molar-refractivity contribution in [1.29, 1.82) is 0 Å². The lowest BCUT2D eigenvalue weighted by Crippen LogP contribution is -2.53. The van der Waals surface area contributed by atoms with Crippen molar-refractivity contribution < 1.29 is 91.4 Å². The van der Waals surface area contributed by atoms with E-state index in [-0.39, 0.29) is 67.3 Å². The first-order valence-electron chi connectivity index (χ1n) is 25.1. The predicted molar refractivity (Wildman–Crippen MR) is 293 cm³/mol. The van der Waals surface area contributed by atoms with E-state index in [1.807, 2.05) is 12.1 Å². The summed E-state index contributed by atoms with van der Waals surface area (Å²) in [5.41, 5.74) is -1.49. The molecule has 0 saturated carbocycles. The number of aromatic nitrogens is 4. The number of nitrogens with zero attached hydrogens (tertiary/aromatic N) is 4. The quantitative estimate of drug-likeness (QED) is 0.0612. The minimum absolute atomic E-state index is 0.0424. The molecule has 0 atom stereocenters. The van der Waals surface area contributed by atoms with E-state index in [4.69, 9.17) is 57.8 Å². The van der Waals surface area contributed by atoms with Gasteiger partial charge >= 0.3 is 0 Å². The van der Waals surface area contributed by atoms with Crippen LogP contribution in [0.3, 0.4) is 0 Å². The van der Waals surface area contributed by atoms with Crippen LogP contribution in [0.1, 0.15) is 53.2 Å². The molecule has 4 saturated heterocycles. The molecule has 12 heterocycles. The van der Waals surface area contributed by atoms with Gasteiger partial charge in [0.1, 0.15) is 53.9 Å². The van der Waals surface area contributed by atoms with Gasteiger partial charge in [-0.3, -0.25) is 9.59 Å². The highest BCUT2D eigenvalue weighted by atomic mass is 32.1. The molecule has 4 fully saturated rings. The third-order valence-corrected chi connectivity index (χ3v) is 23.4. The van der Waals surface area contributed by atoms with Gasteiger partial charge in [0.2, 0.25) is 23.2 Å². The molecule has 0 bridgehead atoms. The Balaban J connectivity index is 0.000000174. The number of benzene rings is 2. The summed E-state index contributed by atoms with van der Waals surface area (Å²) in [7, 11) is 0. The van der Waals surface area contributed by atoms with Crippen LogP contribution in [0.4, 0.5) is 43.9 Å². The molecule has 14 nitrogen and oxygen atoms in total. The molecule has 32 heteroatoms. The van der Waals surface area contributed by atoms with Crippen LogP contribution in [-0.2, 0) is 61.0 Å². The van der Waals surface area contributed by atoms with Gasteiger partial charge in [-0.25, -0.2) is 63.8 Å². The molecule has 0 amide bonds. The minimum Gasteiger partial charge on any atom is -0.338 e. The lowest BCUT2D eigenvalue weighted by Gasteiger charge is -2.42. The second-order valence-electron chi connectivity index (χ2n) is 18.9. The fourth-order valence-corrected chi connectivity index (χ4v) is 18.9. The van der Waals surface area contributed by atoms with E-state index in [2.05, 4.69) is 22.9 Å². The van der Waals surface area contributed by atoms with Crippen LogP contribution in [0.2, 0.25) is 0 Å². The summed E-state index contributed by atoms with van der Waals surface area (Å²) in [6.07, 6.45) is 0. The van der Waals surface area contributed by atoms with Crippen molar-refractivity contribution in [2.45, 2.75) is 23.1 Å². The minimum atomic E-state index is -2.42. The van der Waals surface area contributed by atoms with Crippen LogP contribution in [0.5, 0.6) is 0 Å². The maximum Gasteiger partial charge on any atom is 0.276 e. The molecule has 440 valence electrons. The van der Waals surface area contributed by atoms with Gasteiger partial charge in [-0.15, -0.1) is 90.7 Å². The zero-order valence-corrected chi connectivity index (χ0v) is 48.9. The normalized spacial score (nSPS) is 18.1. The summed E-state index contributed by atoms with van der Waals surface area (Å²) in [5.74, 6) is -32.3. The molecule has 2 aromatic carbocycles. The maximum atomic E-state index is 14.5. The van der Waals surface area contributed by atoms with Crippen molar-refractivity contribution in [3.8, 4) is 59.0 Å². The standard InChI is InChI=1S/C34H12F10N2O6S4.C20H14N2O4S4/c35-15-13(16(36)20(40)23(43)19(15)39)25(47)9-1-3-11(53-9)31-45-29-27(55-31)28-30(34(51-7-8-52-34)33(29)49-5-6-50-33)46-32(56-28)12-4-2-10(54-12)26(48)14-17(37)21(41)24(44)22(42)18(14)38;1-3-11(27-9-1)17-21-15-13(29-17)14-16(22-18(30-14)12-4-2-10-28-12)20(25-7-8-26-20)19(15)23-5-6-24-19/h1-4H,5-8H2;1-4,9-10H,5-8H2. The number of carbonyl (C=O) groups is 2. The van der Waals surface area contributed by atoms with E-state index in [0.29, 0.717) is 58.9 Å². The van der Waals surface area contributed by atoms with Gasteiger partial charge in [0.05, 0.1) is 102 Å². The van der Waals surface area contributed by atoms with Crippen LogP contribution < -0.4 is 0 Å². The third-order valence-electron chi connectivity index (χ3n) is 14.2. The summed E-state index contributed by atoms with van der Waals surface area (Å²) in [5, 5.41) is 6.40. The predicted octanol–water partition coefficient (Wildman–Crippen LogP) is 14.1. The molecule has 6 aliphatic rings. The summed E-state index contributed by atoms with van der Waals surface area (Å²) < 4.78 is 191.